The molecule has 0 aromatic heterocycles. The molecule has 121 valence electrons. The summed E-state index contributed by atoms with van der Waals surface area (Å²) in [5.41, 5.74) is 0. The van der Waals surface area contributed by atoms with Crippen molar-refractivity contribution in [3.05, 3.63) is 0 Å². The van der Waals surface area contributed by atoms with Crippen LogP contribution in [0.15, 0.2) is 0 Å². The molecule has 0 saturated heterocycles. The Morgan fingerprint density at radius 3 is 1.48 bits per heavy atom. The maximum atomic E-state index is 11.6. The van der Waals surface area contributed by atoms with Crippen molar-refractivity contribution in [2.75, 3.05) is 13.2 Å². The predicted octanol–water partition coefficient (Wildman–Crippen LogP) is 5.19. The van der Waals surface area contributed by atoms with Crippen molar-refractivity contribution in [1.29, 1.82) is 0 Å². The van der Waals surface area contributed by atoms with E-state index >= 15 is 0 Å². The summed E-state index contributed by atoms with van der Waals surface area (Å²) in [6.07, 6.45) is 8.67. The van der Waals surface area contributed by atoms with Gasteiger partial charge >= 0.3 is 6.16 Å². The largest absolute Gasteiger partial charge is 0.508 e. The molecule has 0 fully saturated rings. The van der Waals surface area contributed by atoms with Crippen molar-refractivity contribution in [3.8, 4) is 0 Å². The number of ether oxygens (including phenoxy) is 2. The summed E-state index contributed by atoms with van der Waals surface area (Å²) in [6.45, 7) is 9.66. The molecule has 21 heavy (non-hydrogen) atoms. The van der Waals surface area contributed by atoms with Gasteiger partial charge in [0.25, 0.3) is 0 Å². The Morgan fingerprint density at radius 2 is 1.19 bits per heavy atom. The zero-order valence-electron chi connectivity index (χ0n) is 15.0. The van der Waals surface area contributed by atoms with Gasteiger partial charge in [-0.1, -0.05) is 66.2 Å². The molecular formula is C17H34NaO3. The van der Waals surface area contributed by atoms with Crippen molar-refractivity contribution in [1.82, 2.24) is 0 Å². The van der Waals surface area contributed by atoms with E-state index in [0.29, 0.717) is 25.0 Å². The van der Waals surface area contributed by atoms with Gasteiger partial charge in [-0.15, -0.1) is 0 Å². The summed E-state index contributed by atoms with van der Waals surface area (Å²) >= 11 is 0. The maximum absolute atomic E-state index is 11.6. The van der Waals surface area contributed by atoms with Crippen molar-refractivity contribution < 1.29 is 14.3 Å². The molecule has 0 rings (SSSR count). The number of hydrogen-bond acceptors (Lipinski definition) is 3. The van der Waals surface area contributed by atoms with Crippen LogP contribution in [0.25, 0.3) is 0 Å². The topological polar surface area (TPSA) is 35.5 Å². The van der Waals surface area contributed by atoms with Crippen LogP contribution in [0.3, 0.4) is 0 Å². The third-order valence-electron chi connectivity index (χ3n) is 3.96. The molecular weight excluding hydrogens is 275 g/mol. The number of carbonyl (C=O) groups is 1. The first-order valence-corrected chi connectivity index (χ1v) is 8.47. The minimum atomic E-state index is -0.491. The van der Waals surface area contributed by atoms with E-state index in [4.69, 9.17) is 9.47 Å². The zero-order valence-corrected chi connectivity index (χ0v) is 17.0. The van der Waals surface area contributed by atoms with Gasteiger partial charge in [-0.3, -0.25) is 0 Å². The summed E-state index contributed by atoms with van der Waals surface area (Å²) in [4.78, 5) is 11.6. The Balaban J connectivity index is 0. The smallest absolute Gasteiger partial charge is 0.434 e. The molecule has 2 unspecified atom stereocenters. The quantitative estimate of drug-likeness (QED) is 0.367. The molecule has 0 aliphatic carbocycles. The van der Waals surface area contributed by atoms with Crippen LogP contribution in [0.4, 0.5) is 4.79 Å². The van der Waals surface area contributed by atoms with Gasteiger partial charge in [0.1, 0.15) is 0 Å². The minimum absolute atomic E-state index is 0. The molecule has 0 aromatic rings. The van der Waals surface area contributed by atoms with Gasteiger partial charge in [0.15, 0.2) is 0 Å². The number of unbranched alkanes of at least 4 members (excludes halogenated alkanes) is 2. The van der Waals surface area contributed by atoms with E-state index in [2.05, 4.69) is 27.7 Å². The molecule has 3 nitrogen and oxygen atoms in total. The second-order valence-electron chi connectivity index (χ2n) is 5.71. The van der Waals surface area contributed by atoms with Crippen LogP contribution in [0, 0.1) is 11.8 Å². The van der Waals surface area contributed by atoms with Crippen LogP contribution in [-0.2, 0) is 9.47 Å². The van der Waals surface area contributed by atoms with Crippen molar-refractivity contribution in [2.45, 2.75) is 79.1 Å². The minimum Gasteiger partial charge on any atom is -0.434 e. The number of hydrogen-bond donors (Lipinski definition) is 0. The van der Waals surface area contributed by atoms with Crippen LogP contribution >= 0.6 is 0 Å². The molecule has 4 heteroatoms. The average molecular weight is 309 g/mol. The fraction of sp³-hybridized carbons (Fsp3) is 0.941. The van der Waals surface area contributed by atoms with E-state index in [-0.39, 0.29) is 29.6 Å². The Kier molecular flexibility index (Phi) is 18.6. The molecule has 0 amide bonds. The van der Waals surface area contributed by atoms with Gasteiger partial charge in [-0.05, 0) is 24.7 Å². The second kappa shape index (κ2) is 16.6. The number of rotatable bonds is 12. The average Bonchev–Trinajstić information content (AvgIpc) is 2.47. The van der Waals surface area contributed by atoms with Gasteiger partial charge in [0, 0.05) is 29.6 Å². The Labute approximate surface area is 153 Å². The van der Waals surface area contributed by atoms with Crippen molar-refractivity contribution in [2.24, 2.45) is 11.8 Å². The molecule has 0 saturated carbocycles. The molecule has 0 bridgehead atoms. The van der Waals surface area contributed by atoms with Crippen molar-refractivity contribution >= 4 is 35.7 Å². The monoisotopic (exact) mass is 309 g/mol. The molecule has 0 heterocycles. The maximum Gasteiger partial charge on any atom is 0.508 e. The molecule has 0 spiro atoms. The Hall–Kier alpha value is 0.270. The van der Waals surface area contributed by atoms with Crippen LogP contribution in [0.5, 0.6) is 0 Å². The third-order valence-corrected chi connectivity index (χ3v) is 3.96. The zero-order chi connectivity index (χ0) is 15.2. The van der Waals surface area contributed by atoms with E-state index in [1.807, 2.05) is 0 Å². The molecule has 0 aromatic carbocycles. The molecule has 2 atom stereocenters. The first-order valence-electron chi connectivity index (χ1n) is 8.47. The molecule has 1 radical (unpaired) electrons. The van der Waals surface area contributed by atoms with E-state index < -0.39 is 6.16 Å². The van der Waals surface area contributed by atoms with Gasteiger partial charge in [0.05, 0.1) is 13.2 Å². The Morgan fingerprint density at radius 1 is 0.810 bits per heavy atom. The van der Waals surface area contributed by atoms with Crippen LogP contribution in [0.2, 0.25) is 0 Å². The van der Waals surface area contributed by atoms with Crippen LogP contribution in [0.1, 0.15) is 79.1 Å². The normalized spacial score (nSPS) is 13.1. The predicted molar refractivity (Wildman–Crippen MR) is 89.7 cm³/mol. The first kappa shape index (κ1) is 23.5. The van der Waals surface area contributed by atoms with Gasteiger partial charge in [-0.2, -0.15) is 0 Å². The summed E-state index contributed by atoms with van der Waals surface area (Å²) in [7, 11) is 0. The fourth-order valence-electron chi connectivity index (χ4n) is 2.21. The van der Waals surface area contributed by atoms with Gasteiger partial charge in [-0.25, -0.2) is 4.79 Å². The fourth-order valence-corrected chi connectivity index (χ4v) is 2.21. The standard InChI is InChI=1S/C17H34O3.Na/c1-5-9-11-15(7-3)13-19-17(18)20-14-16(8-4)12-10-6-2;/h15-16H,5-14H2,1-4H3;. The van der Waals surface area contributed by atoms with Crippen LogP contribution < -0.4 is 0 Å². The van der Waals surface area contributed by atoms with E-state index in [0.717, 1.165) is 25.7 Å². The molecule has 0 aliphatic rings. The van der Waals surface area contributed by atoms with E-state index in [1.165, 1.54) is 25.7 Å². The van der Waals surface area contributed by atoms with E-state index in [1.54, 1.807) is 0 Å². The van der Waals surface area contributed by atoms with Crippen molar-refractivity contribution in [3.63, 3.8) is 0 Å². The molecule has 0 aliphatic heterocycles. The van der Waals surface area contributed by atoms with Gasteiger partial charge < -0.3 is 9.47 Å². The third kappa shape index (κ3) is 13.6. The first-order chi connectivity index (χ1) is 9.67. The van der Waals surface area contributed by atoms with E-state index in [9.17, 15) is 4.79 Å². The SMILES string of the molecule is CCCCC(CC)COC(=O)OCC(CC)CCCC.[Na]. The summed E-state index contributed by atoms with van der Waals surface area (Å²) in [5, 5.41) is 0. The number of carbonyl (C=O) groups excluding carboxylic acids is 1. The van der Waals surface area contributed by atoms with Crippen LogP contribution in [-0.4, -0.2) is 48.9 Å². The summed E-state index contributed by atoms with van der Waals surface area (Å²) in [5.74, 6) is 0.953. The summed E-state index contributed by atoms with van der Waals surface area (Å²) in [6, 6.07) is 0. The second-order valence-corrected chi connectivity index (χ2v) is 5.71. The van der Waals surface area contributed by atoms with Gasteiger partial charge in [0.2, 0.25) is 0 Å². The summed E-state index contributed by atoms with van der Waals surface area (Å²) < 4.78 is 10.5. The molecule has 0 N–H and O–H groups in total. The Bertz CT molecular complexity index is 212.